The van der Waals surface area contributed by atoms with Gasteiger partial charge in [0.05, 0.1) is 11.8 Å². The van der Waals surface area contributed by atoms with E-state index in [1.54, 1.807) is 13.3 Å². The van der Waals surface area contributed by atoms with Gasteiger partial charge in [-0.1, -0.05) is 0 Å². The molecular weight excluding hydrogens is 178 g/mol. The Kier molecular flexibility index (Phi) is 3.71. The normalized spacial score (nSPS) is 12.5. The van der Waals surface area contributed by atoms with Gasteiger partial charge in [0.25, 0.3) is 0 Å². The van der Waals surface area contributed by atoms with Gasteiger partial charge in [0.2, 0.25) is 0 Å². The molecule has 0 radical (unpaired) electrons. The van der Waals surface area contributed by atoms with Crippen LogP contribution < -0.4 is 11.1 Å². The number of aromatic nitrogens is 1. The molecule has 0 fully saturated rings. The lowest BCUT2D eigenvalue weighted by molar-refractivity contribution is 0.128. The minimum absolute atomic E-state index is 0.150. The Morgan fingerprint density at radius 1 is 1.64 bits per heavy atom. The lowest BCUT2D eigenvalue weighted by Gasteiger charge is -2.12. The van der Waals surface area contributed by atoms with E-state index in [4.69, 9.17) is 10.5 Å². The van der Waals surface area contributed by atoms with Crippen LogP contribution in [0, 0.1) is 6.92 Å². The zero-order valence-electron chi connectivity index (χ0n) is 8.87. The van der Waals surface area contributed by atoms with Crippen molar-refractivity contribution in [3.63, 3.8) is 0 Å². The lowest BCUT2D eigenvalue weighted by atomic mass is 10.3. The van der Waals surface area contributed by atoms with Gasteiger partial charge in [-0.15, -0.1) is 0 Å². The number of hydrogen-bond donors (Lipinski definition) is 2. The smallest absolute Gasteiger partial charge is 0.149 e. The maximum absolute atomic E-state index is 5.78. The molecule has 4 nitrogen and oxygen atoms in total. The van der Waals surface area contributed by atoms with Crippen LogP contribution in [0.15, 0.2) is 12.3 Å². The maximum atomic E-state index is 5.78. The number of nitrogens with two attached hydrogens (primary N) is 1. The molecule has 14 heavy (non-hydrogen) atoms. The molecule has 1 rings (SSSR count). The molecule has 1 aromatic heterocycles. The SMILES string of the molecule is COC(C)CNc1ncc(C)cc1N. The summed E-state index contributed by atoms with van der Waals surface area (Å²) in [5.41, 5.74) is 7.52. The van der Waals surface area contributed by atoms with E-state index in [0.29, 0.717) is 12.2 Å². The molecule has 0 saturated heterocycles. The van der Waals surface area contributed by atoms with E-state index in [0.717, 1.165) is 11.4 Å². The molecule has 0 amide bonds. The molecule has 1 unspecified atom stereocenters. The number of ether oxygens (including phenoxy) is 1. The summed E-state index contributed by atoms with van der Waals surface area (Å²) >= 11 is 0. The molecule has 0 spiro atoms. The molecule has 78 valence electrons. The van der Waals surface area contributed by atoms with Crippen molar-refractivity contribution in [2.75, 3.05) is 24.7 Å². The Labute approximate surface area is 84.5 Å². The topological polar surface area (TPSA) is 60.2 Å². The highest BCUT2D eigenvalue weighted by molar-refractivity contribution is 5.61. The molecular formula is C10H17N3O. The summed E-state index contributed by atoms with van der Waals surface area (Å²) in [6.45, 7) is 4.65. The summed E-state index contributed by atoms with van der Waals surface area (Å²) in [4.78, 5) is 4.19. The Hall–Kier alpha value is -1.29. The van der Waals surface area contributed by atoms with E-state index >= 15 is 0 Å². The first kappa shape index (κ1) is 10.8. The van der Waals surface area contributed by atoms with Gasteiger partial charge in [0.1, 0.15) is 5.82 Å². The van der Waals surface area contributed by atoms with Crippen molar-refractivity contribution in [2.45, 2.75) is 20.0 Å². The van der Waals surface area contributed by atoms with Crippen LogP contribution in [-0.2, 0) is 4.74 Å². The molecule has 4 heteroatoms. The second kappa shape index (κ2) is 4.81. The fourth-order valence-electron chi connectivity index (χ4n) is 1.06. The number of hydrogen-bond acceptors (Lipinski definition) is 4. The molecule has 0 bridgehead atoms. The van der Waals surface area contributed by atoms with Gasteiger partial charge >= 0.3 is 0 Å². The first-order valence-corrected chi connectivity index (χ1v) is 4.62. The zero-order valence-corrected chi connectivity index (χ0v) is 8.87. The second-order valence-electron chi connectivity index (χ2n) is 3.38. The Balaban J connectivity index is 2.59. The number of aryl methyl sites for hydroxylation is 1. The van der Waals surface area contributed by atoms with Gasteiger partial charge < -0.3 is 15.8 Å². The second-order valence-corrected chi connectivity index (χ2v) is 3.38. The van der Waals surface area contributed by atoms with Crippen LogP contribution in [0.25, 0.3) is 0 Å². The monoisotopic (exact) mass is 195 g/mol. The van der Waals surface area contributed by atoms with Crippen molar-refractivity contribution in [1.82, 2.24) is 4.98 Å². The first-order valence-electron chi connectivity index (χ1n) is 4.62. The van der Waals surface area contributed by atoms with Crippen molar-refractivity contribution in [3.05, 3.63) is 17.8 Å². The average molecular weight is 195 g/mol. The molecule has 1 atom stereocenters. The summed E-state index contributed by atoms with van der Waals surface area (Å²) in [5, 5.41) is 3.13. The molecule has 3 N–H and O–H groups in total. The molecule has 1 heterocycles. The van der Waals surface area contributed by atoms with Gasteiger partial charge in [0, 0.05) is 19.9 Å². The zero-order chi connectivity index (χ0) is 10.6. The molecule has 0 aliphatic carbocycles. The number of anilines is 2. The number of nitrogens with zero attached hydrogens (tertiary/aromatic N) is 1. The number of methoxy groups -OCH3 is 1. The van der Waals surface area contributed by atoms with E-state index in [1.165, 1.54) is 0 Å². The van der Waals surface area contributed by atoms with Gasteiger partial charge in [-0.2, -0.15) is 0 Å². The number of nitrogens with one attached hydrogen (secondary N) is 1. The lowest BCUT2D eigenvalue weighted by Crippen LogP contribution is -2.19. The maximum Gasteiger partial charge on any atom is 0.149 e. The highest BCUT2D eigenvalue weighted by Crippen LogP contribution is 2.15. The average Bonchev–Trinajstić information content (AvgIpc) is 2.16. The van der Waals surface area contributed by atoms with E-state index < -0.39 is 0 Å². The van der Waals surface area contributed by atoms with Crippen LogP contribution in [-0.4, -0.2) is 24.7 Å². The summed E-state index contributed by atoms with van der Waals surface area (Å²) < 4.78 is 5.10. The molecule has 0 saturated carbocycles. The van der Waals surface area contributed by atoms with Crippen LogP contribution in [0.4, 0.5) is 11.5 Å². The molecule has 0 aliphatic heterocycles. The standard InChI is InChI=1S/C10H17N3O/c1-7-4-9(11)10(12-5-7)13-6-8(2)14-3/h4-5,8H,6,11H2,1-3H3,(H,12,13). The third-order valence-corrected chi connectivity index (χ3v) is 2.01. The van der Waals surface area contributed by atoms with Crippen molar-refractivity contribution < 1.29 is 4.74 Å². The van der Waals surface area contributed by atoms with Gasteiger partial charge in [-0.05, 0) is 25.5 Å². The highest BCUT2D eigenvalue weighted by atomic mass is 16.5. The summed E-state index contributed by atoms with van der Waals surface area (Å²) in [6, 6.07) is 1.90. The predicted octanol–water partition coefficient (Wildman–Crippen LogP) is 1.42. The number of pyridine rings is 1. The minimum Gasteiger partial charge on any atom is -0.396 e. The summed E-state index contributed by atoms with van der Waals surface area (Å²) in [5.74, 6) is 0.722. The molecule has 0 aliphatic rings. The van der Waals surface area contributed by atoms with Crippen LogP contribution in [0.5, 0.6) is 0 Å². The van der Waals surface area contributed by atoms with Crippen LogP contribution in [0.3, 0.4) is 0 Å². The summed E-state index contributed by atoms with van der Waals surface area (Å²) in [6.07, 6.45) is 1.94. The van der Waals surface area contributed by atoms with Crippen molar-refractivity contribution in [3.8, 4) is 0 Å². The predicted molar refractivity (Wildman–Crippen MR) is 58.3 cm³/mol. The third kappa shape index (κ3) is 2.88. The van der Waals surface area contributed by atoms with E-state index in [1.807, 2.05) is 19.9 Å². The van der Waals surface area contributed by atoms with Crippen LogP contribution in [0.2, 0.25) is 0 Å². The highest BCUT2D eigenvalue weighted by Gasteiger charge is 2.03. The van der Waals surface area contributed by atoms with Crippen LogP contribution in [0.1, 0.15) is 12.5 Å². The summed E-state index contributed by atoms with van der Waals surface area (Å²) in [7, 11) is 1.68. The van der Waals surface area contributed by atoms with Crippen molar-refractivity contribution in [2.24, 2.45) is 0 Å². The Morgan fingerprint density at radius 3 is 2.93 bits per heavy atom. The van der Waals surface area contributed by atoms with Gasteiger partial charge in [0.15, 0.2) is 0 Å². The van der Waals surface area contributed by atoms with E-state index in [2.05, 4.69) is 10.3 Å². The minimum atomic E-state index is 0.150. The van der Waals surface area contributed by atoms with Crippen LogP contribution >= 0.6 is 0 Å². The Morgan fingerprint density at radius 2 is 2.36 bits per heavy atom. The molecule has 1 aromatic rings. The third-order valence-electron chi connectivity index (χ3n) is 2.01. The van der Waals surface area contributed by atoms with Gasteiger partial charge in [-0.25, -0.2) is 4.98 Å². The number of rotatable bonds is 4. The first-order chi connectivity index (χ1) is 6.63. The molecule has 0 aromatic carbocycles. The quantitative estimate of drug-likeness (QED) is 0.762. The number of nitrogen functional groups attached to an aromatic ring is 1. The van der Waals surface area contributed by atoms with Crippen molar-refractivity contribution in [1.29, 1.82) is 0 Å². The van der Waals surface area contributed by atoms with Crippen molar-refractivity contribution >= 4 is 11.5 Å². The Bertz CT molecular complexity index is 301. The fourth-order valence-corrected chi connectivity index (χ4v) is 1.06. The fraction of sp³-hybridized carbons (Fsp3) is 0.500. The van der Waals surface area contributed by atoms with E-state index in [-0.39, 0.29) is 6.10 Å². The van der Waals surface area contributed by atoms with E-state index in [9.17, 15) is 0 Å². The van der Waals surface area contributed by atoms with Gasteiger partial charge in [-0.3, -0.25) is 0 Å². The largest absolute Gasteiger partial charge is 0.396 e.